The van der Waals surface area contributed by atoms with Crippen LogP contribution < -0.4 is 4.57 Å². The summed E-state index contributed by atoms with van der Waals surface area (Å²) in [5.74, 6) is 0.502. The molecule has 1 aromatic heterocycles. The maximum Gasteiger partial charge on any atom is 0.335 e. The number of aromatic nitrogens is 2. The lowest BCUT2D eigenvalue weighted by Crippen LogP contribution is -2.38. The Kier molecular flexibility index (Phi) is 7.71. The Morgan fingerprint density at radius 3 is 2.40 bits per heavy atom. The summed E-state index contributed by atoms with van der Waals surface area (Å²) in [6.45, 7) is 6.30. The summed E-state index contributed by atoms with van der Waals surface area (Å²) in [6, 6.07) is 7.20. The van der Waals surface area contributed by atoms with E-state index in [4.69, 9.17) is 5.11 Å². The second-order valence-electron chi connectivity index (χ2n) is 6.70. The molecule has 4 heteroatoms. The largest absolute Gasteiger partial charge is 0.478 e. The number of unbranched alkanes of at least 4 members (excludes halogenated alkanes) is 4. The van der Waals surface area contributed by atoms with Crippen LogP contribution in [-0.2, 0) is 19.5 Å². The van der Waals surface area contributed by atoms with Gasteiger partial charge in [-0.3, -0.25) is 0 Å². The number of imidazole rings is 1. The van der Waals surface area contributed by atoms with Crippen molar-refractivity contribution in [2.24, 2.45) is 0 Å². The van der Waals surface area contributed by atoms with Crippen LogP contribution in [-0.4, -0.2) is 15.6 Å². The molecule has 2 rings (SSSR count). The molecular formula is C21H31N2O2+. The normalized spacial score (nSPS) is 11.0. The van der Waals surface area contributed by atoms with E-state index in [1.54, 1.807) is 12.1 Å². The monoisotopic (exact) mass is 343 g/mol. The summed E-state index contributed by atoms with van der Waals surface area (Å²) >= 11 is 0. The van der Waals surface area contributed by atoms with E-state index < -0.39 is 5.97 Å². The maximum absolute atomic E-state index is 11.0. The average Bonchev–Trinajstić information content (AvgIpc) is 2.97. The molecule has 0 spiro atoms. The molecular weight excluding hydrogens is 312 g/mol. The quantitative estimate of drug-likeness (QED) is 0.484. The fraction of sp³-hybridized carbons (Fsp3) is 0.524. The number of aromatic carboxylic acids is 1. The third-order valence-electron chi connectivity index (χ3n) is 4.61. The Hall–Kier alpha value is -2.10. The lowest BCUT2D eigenvalue weighted by atomic mass is 10.1. The Labute approximate surface area is 151 Å². The van der Waals surface area contributed by atoms with Crippen molar-refractivity contribution in [3.8, 4) is 0 Å². The molecule has 0 amide bonds. The minimum absolute atomic E-state index is 0.341. The molecule has 1 heterocycles. The standard InChI is InChI=1S/C21H30N2O2/c1-3-5-6-7-8-9-20-22(14-4-2)15-16-23(20)17-18-10-12-19(13-11-18)21(24)25/h10-13,15-16H,3-9,14,17H2,1-2H3/p+1. The van der Waals surface area contributed by atoms with Gasteiger partial charge >= 0.3 is 5.97 Å². The highest BCUT2D eigenvalue weighted by atomic mass is 16.4. The van der Waals surface area contributed by atoms with Gasteiger partial charge in [0, 0.05) is 6.42 Å². The molecule has 1 N–H and O–H groups in total. The Balaban J connectivity index is 2.06. The van der Waals surface area contributed by atoms with Gasteiger partial charge in [0.2, 0.25) is 0 Å². The van der Waals surface area contributed by atoms with E-state index in [1.165, 1.54) is 37.9 Å². The van der Waals surface area contributed by atoms with Crippen LogP contribution in [0.15, 0.2) is 36.7 Å². The fourth-order valence-corrected chi connectivity index (χ4v) is 3.21. The number of carboxylic acids is 1. The molecule has 1 aromatic carbocycles. The van der Waals surface area contributed by atoms with E-state index in [0.29, 0.717) is 5.56 Å². The molecule has 0 atom stereocenters. The smallest absolute Gasteiger partial charge is 0.335 e. The first-order valence-corrected chi connectivity index (χ1v) is 9.55. The first-order chi connectivity index (χ1) is 12.2. The zero-order chi connectivity index (χ0) is 18.1. The van der Waals surface area contributed by atoms with Gasteiger partial charge < -0.3 is 5.11 Å². The van der Waals surface area contributed by atoms with Gasteiger partial charge in [-0.05, 0) is 30.5 Å². The van der Waals surface area contributed by atoms with E-state index in [2.05, 4.69) is 35.4 Å². The van der Waals surface area contributed by atoms with Crippen molar-refractivity contribution in [2.45, 2.75) is 71.9 Å². The number of aryl methyl sites for hydroxylation is 1. The molecule has 0 saturated carbocycles. The summed E-state index contributed by atoms with van der Waals surface area (Å²) < 4.78 is 4.68. The average molecular weight is 343 g/mol. The zero-order valence-corrected chi connectivity index (χ0v) is 15.6. The number of benzene rings is 1. The van der Waals surface area contributed by atoms with E-state index in [0.717, 1.165) is 31.5 Å². The van der Waals surface area contributed by atoms with Crippen molar-refractivity contribution in [3.63, 3.8) is 0 Å². The highest BCUT2D eigenvalue weighted by Gasteiger charge is 2.16. The van der Waals surface area contributed by atoms with E-state index in [-0.39, 0.29) is 0 Å². The molecule has 0 aliphatic carbocycles. The molecule has 136 valence electrons. The first kappa shape index (κ1) is 19.2. The van der Waals surface area contributed by atoms with Crippen LogP contribution in [0.4, 0.5) is 0 Å². The Morgan fingerprint density at radius 1 is 1.04 bits per heavy atom. The Morgan fingerprint density at radius 2 is 1.76 bits per heavy atom. The molecule has 0 aliphatic heterocycles. The first-order valence-electron chi connectivity index (χ1n) is 9.55. The van der Waals surface area contributed by atoms with E-state index in [9.17, 15) is 4.79 Å². The van der Waals surface area contributed by atoms with Crippen LogP contribution in [0.25, 0.3) is 0 Å². The van der Waals surface area contributed by atoms with Gasteiger partial charge in [-0.25, -0.2) is 13.9 Å². The summed E-state index contributed by atoms with van der Waals surface area (Å²) in [4.78, 5) is 11.0. The molecule has 0 bridgehead atoms. The topological polar surface area (TPSA) is 46.1 Å². The lowest BCUT2D eigenvalue weighted by Gasteiger charge is -2.06. The van der Waals surface area contributed by atoms with Crippen LogP contribution in [0.5, 0.6) is 0 Å². The maximum atomic E-state index is 11.0. The molecule has 0 unspecified atom stereocenters. The van der Waals surface area contributed by atoms with E-state index in [1.807, 2.05) is 12.1 Å². The van der Waals surface area contributed by atoms with Crippen molar-refractivity contribution in [1.82, 2.24) is 4.57 Å². The summed E-state index contributed by atoms with van der Waals surface area (Å²) in [7, 11) is 0. The molecule has 2 aromatic rings. The van der Waals surface area contributed by atoms with Crippen LogP contribution >= 0.6 is 0 Å². The second-order valence-corrected chi connectivity index (χ2v) is 6.70. The highest BCUT2D eigenvalue weighted by Crippen LogP contribution is 2.10. The van der Waals surface area contributed by atoms with Crippen LogP contribution in [0.3, 0.4) is 0 Å². The van der Waals surface area contributed by atoms with Gasteiger partial charge in [-0.1, -0.05) is 51.7 Å². The van der Waals surface area contributed by atoms with Crippen molar-refractivity contribution < 1.29 is 14.5 Å². The van der Waals surface area contributed by atoms with Gasteiger partial charge in [0.1, 0.15) is 18.9 Å². The second kappa shape index (κ2) is 10.0. The SMILES string of the molecule is CCCCCCCc1n(CCC)cc[n+]1Cc1ccc(C(=O)O)cc1. The van der Waals surface area contributed by atoms with Crippen molar-refractivity contribution >= 4 is 5.97 Å². The molecule has 0 aliphatic rings. The number of hydrogen-bond donors (Lipinski definition) is 1. The van der Waals surface area contributed by atoms with Crippen LogP contribution in [0.1, 0.15) is 74.1 Å². The van der Waals surface area contributed by atoms with Crippen LogP contribution in [0.2, 0.25) is 0 Å². The van der Waals surface area contributed by atoms with E-state index >= 15 is 0 Å². The van der Waals surface area contributed by atoms with Gasteiger partial charge in [-0.15, -0.1) is 0 Å². The van der Waals surface area contributed by atoms with Crippen molar-refractivity contribution in [3.05, 3.63) is 53.6 Å². The third kappa shape index (κ3) is 5.73. The van der Waals surface area contributed by atoms with Gasteiger partial charge in [0.25, 0.3) is 5.82 Å². The van der Waals surface area contributed by atoms with Gasteiger partial charge in [0.15, 0.2) is 0 Å². The third-order valence-corrected chi connectivity index (χ3v) is 4.61. The number of rotatable bonds is 11. The van der Waals surface area contributed by atoms with Crippen molar-refractivity contribution in [2.75, 3.05) is 0 Å². The Bertz CT molecular complexity index is 659. The number of nitrogens with zero attached hydrogens (tertiary/aromatic N) is 2. The lowest BCUT2D eigenvalue weighted by molar-refractivity contribution is -0.695. The van der Waals surface area contributed by atoms with Gasteiger partial charge in [0.05, 0.1) is 12.1 Å². The number of carbonyl (C=O) groups is 1. The molecule has 0 saturated heterocycles. The summed E-state index contributed by atoms with van der Waals surface area (Å²) in [5.41, 5.74) is 1.48. The van der Waals surface area contributed by atoms with Crippen LogP contribution in [0, 0.1) is 0 Å². The molecule has 0 fully saturated rings. The predicted octanol–water partition coefficient (Wildman–Crippen LogP) is 4.45. The summed E-state index contributed by atoms with van der Waals surface area (Å²) in [6.07, 6.45) is 13.0. The highest BCUT2D eigenvalue weighted by molar-refractivity contribution is 5.87. The fourth-order valence-electron chi connectivity index (χ4n) is 3.21. The predicted molar refractivity (Wildman–Crippen MR) is 99.9 cm³/mol. The minimum Gasteiger partial charge on any atom is -0.478 e. The molecule has 0 radical (unpaired) electrons. The van der Waals surface area contributed by atoms with Gasteiger partial charge in [-0.2, -0.15) is 0 Å². The van der Waals surface area contributed by atoms with Crippen molar-refractivity contribution in [1.29, 1.82) is 0 Å². The number of hydrogen-bond acceptors (Lipinski definition) is 1. The zero-order valence-electron chi connectivity index (χ0n) is 15.6. The molecule has 25 heavy (non-hydrogen) atoms. The molecule has 4 nitrogen and oxygen atoms in total. The minimum atomic E-state index is -0.874. The summed E-state index contributed by atoms with van der Waals surface area (Å²) in [5, 5.41) is 9.02. The number of carboxylic acid groups (broad SMARTS) is 1.